The van der Waals surface area contributed by atoms with E-state index in [0.29, 0.717) is 17.1 Å². The van der Waals surface area contributed by atoms with Crippen LogP contribution in [0.4, 0.5) is 0 Å². The molecule has 1 aliphatic carbocycles. The van der Waals surface area contributed by atoms with E-state index >= 15 is 0 Å². The van der Waals surface area contributed by atoms with Crippen LogP contribution in [0.5, 0.6) is 0 Å². The SMILES string of the molecule is NC(CO)(CO)CO.O=C1C=C(N2CC2)C(=O)C(N2CC2)=C1N1CC1. The number of carbonyl (C=O) groups excluding carboxylic acids is 2. The molecule has 0 saturated carbocycles. The molecule has 0 bridgehead atoms. The van der Waals surface area contributed by atoms with Gasteiger partial charge >= 0.3 is 0 Å². The van der Waals surface area contributed by atoms with Gasteiger partial charge in [0.1, 0.15) is 11.4 Å². The summed E-state index contributed by atoms with van der Waals surface area (Å²) in [5.74, 6) is 0.0485. The van der Waals surface area contributed by atoms with Gasteiger partial charge in [-0.3, -0.25) is 9.59 Å². The maximum absolute atomic E-state index is 12.4. The minimum absolute atomic E-state index is 0.00546. The first kappa shape index (κ1) is 17.9. The highest BCUT2D eigenvalue weighted by Gasteiger charge is 2.43. The standard InChI is InChI=1S/C12H13N3O2.C4H11NO3/c16-9-7-8(13-1-2-13)12(17)11(15-5-6-15)10(9)14-3-4-14;5-4(1-6,2-7)3-8/h7H,1-6H2;6-8H,1-3,5H2. The van der Waals surface area contributed by atoms with Gasteiger partial charge in [-0.2, -0.15) is 0 Å². The molecule has 4 rings (SSSR count). The monoisotopic (exact) mass is 352 g/mol. The highest BCUT2D eigenvalue weighted by Crippen LogP contribution is 2.33. The Balaban J connectivity index is 0.000000197. The van der Waals surface area contributed by atoms with Crippen LogP contribution in [0.15, 0.2) is 23.2 Å². The average Bonchev–Trinajstić information content (AvgIpc) is 3.47. The third kappa shape index (κ3) is 3.84. The van der Waals surface area contributed by atoms with Crippen LogP contribution in [0.1, 0.15) is 0 Å². The normalized spacial score (nSPS) is 21.9. The Bertz CT molecular complexity index is 620. The second-order valence-corrected chi connectivity index (χ2v) is 6.72. The Morgan fingerprint density at radius 3 is 1.64 bits per heavy atom. The molecule has 138 valence electrons. The Morgan fingerprint density at radius 1 is 0.840 bits per heavy atom. The van der Waals surface area contributed by atoms with Crippen LogP contribution in [-0.2, 0) is 9.59 Å². The molecule has 9 heteroatoms. The van der Waals surface area contributed by atoms with Crippen molar-refractivity contribution in [2.24, 2.45) is 5.73 Å². The van der Waals surface area contributed by atoms with Crippen LogP contribution in [0.3, 0.4) is 0 Å². The van der Waals surface area contributed by atoms with Gasteiger partial charge in [-0.25, -0.2) is 0 Å². The topological polar surface area (TPSA) is 130 Å². The zero-order valence-corrected chi connectivity index (χ0v) is 14.0. The third-order valence-corrected chi connectivity index (χ3v) is 4.43. The van der Waals surface area contributed by atoms with E-state index < -0.39 is 25.4 Å². The van der Waals surface area contributed by atoms with Crippen LogP contribution >= 0.6 is 0 Å². The molecule has 3 saturated heterocycles. The predicted molar refractivity (Wildman–Crippen MR) is 88.0 cm³/mol. The number of aliphatic hydroxyl groups is 3. The molecule has 0 amide bonds. The highest BCUT2D eigenvalue weighted by atomic mass is 16.3. The van der Waals surface area contributed by atoms with Crippen molar-refractivity contribution < 1.29 is 24.9 Å². The number of carbonyl (C=O) groups is 2. The molecule has 9 nitrogen and oxygen atoms in total. The lowest BCUT2D eigenvalue weighted by Gasteiger charge is -2.21. The summed E-state index contributed by atoms with van der Waals surface area (Å²) in [6.07, 6.45) is 1.52. The van der Waals surface area contributed by atoms with Gasteiger partial charge in [0.15, 0.2) is 0 Å². The van der Waals surface area contributed by atoms with Gasteiger partial charge < -0.3 is 35.8 Å². The molecule has 3 heterocycles. The largest absolute Gasteiger partial charge is 0.394 e. The maximum atomic E-state index is 12.4. The van der Waals surface area contributed by atoms with E-state index in [2.05, 4.69) is 0 Å². The molecule has 25 heavy (non-hydrogen) atoms. The summed E-state index contributed by atoms with van der Waals surface area (Å²) >= 11 is 0. The Labute approximate surface area is 145 Å². The van der Waals surface area contributed by atoms with E-state index in [1.807, 2.05) is 14.7 Å². The summed E-state index contributed by atoms with van der Waals surface area (Å²) in [6, 6.07) is 0. The molecule has 0 spiro atoms. The predicted octanol–water partition coefficient (Wildman–Crippen LogP) is -3.16. The van der Waals surface area contributed by atoms with Gasteiger partial charge in [-0.1, -0.05) is 0 Å². The smallest absolute Gasteiger partial charge is 0.227 e. The van der Waals surface area contributed by atoms with Crippen LogP contribution < -0.4 is 5.73 Å². The second-order valence-electron chi connectivity index (χ2n) is 6.72. The van der Waals surface area contributed by atoms with Gasteiger partial charge in [0, 0.05) is 45.3 Å². The van der Waals surface area contributed by atoms with Gasteiger partial charge in [0.2, 0.25) is 11.6 Å². The lowest BCUT2D eigenvalue weighted by molar-refractivity contribution is -0.117. The number of rotatable bonds is 6. The molecular weight excluding hydrogens is 328 g/mol. The van der Waals surface area contributed by atoms with E-state index in [1.165, 1.54) is 6.08 Å². The Morgan fingerprint density at radius 2 is 1.28 bits per heavy atom. The molecule has 5 N–H and O–H groups in total. The third-order valence-electron chi connectivity index (χ3n) is 4.43. The average molecular weight is 352 g/mol. The molecule has 0 atom stereocenters. The van der Waals surface area contributed by atoms with Crippen LogP contribution in [0.2, 0.25) is 0 Å². The van der Waals surface area contributed by atoms with E-state index in [4.69, 9.17) is 21.1 Å². The van der Waals surface area contributed by atoms with Gasteiger partial charge in [0.25, 0.3) is 0 Å². The van der Waals surface area contributed by atoms with Gasteiger partial charge in [0.05, 0.1) is 31.1 Å². The number of nitrogens with zero attached hydrogens (tertiary/aromatic N) is 3. The van der Waals surface area contributed by atoms with Crippen molar-refractivity contribution >= 4 is 11.6 Å². The number of nitrogens with two attached hydrogens (primary N) is 1. The summed E-state index contributed by atoms with van der Waals surface area (Å²) in [4.78, 5) is 30.5. The molecule has 0 aromatic heterocycles. The first-order valence-electron chi connectivity index (χ1n) is 8.35. The van der Waals surface area contributed by atoms with Crippen LogP contribution in [0.25, 0.3) is 0 Å². The lowest BCUT2D eigenvalue weighted by Crippen LogP contribution is -2.50. The van der Waals surface area contributed by atoms with E-state index in [-0.39, 0.29) is 11.6 Å². The quantitative estimate of drug-likeness (QED) is 0.289. The summed E-state index contributed by atoms with van der Waals surface area (Å²) < 4.78 is 0. The summed E-state index contributed by atoms with van der Waals surface area (Å²) in [5, 5.41) is 25.0. The number of ketones is 2. The van der Waals surface area contributed by atoms with Crippen molar-refractivity contribution in [2.75, 3.05) is 59.1 Å². The highest BCUT2D eigenvalue weighted by molar-refractivity contribution is 6.22. The number of hydrogen-bond acceptors (Lipinski definition) is 9. The van der Waals surface area contributed by atoms with E-state index in [1.54, 1.807) is 0 Å². The van der Waals surface area contributed by atoms with E-state index in [9.17, 15) is 9.59 Å². The van der Waals surface area contributed by atoms with Crippen LogP contribution in [0, 0.1) is 0 Å². The number of Topliss-reactive ketones (excluding diaryl/α,β-unsaturated/α-hetero) is 1. The molecule has 3 fully saturated rings. The maximum Gasteiger partial charge on any atom is 0.227 e. The zero-order valence-electron chi connectivity index (χ0n) is 14.0. The van der Waals surface area contributed by atoms with E-state index in [0.717, 1.165) is 39.3 Å². The van der Waals surface area contributed by atoms with Crippen molar-refractivity contribution in [3.8, 4) is 0 Å². The second kappa shape index (κ2) is 6.75. The Kier molecular flexibility index (Phi) is 4.83. The van der Waals surface area contributed by atoms with Crippen molar-refractivity contribution in [1.29, 1.82) is 0 Å². The van der Waals surface area contributed by atoms with Crippen molar-refractivity contribution in [3.05, 3.63) is 23.2 Å². The zero-order chi connectivity index (χ0) is 18.2. The van der Waals surface area contributed by atoms with Crippen molar-refractivity contribution in [3.63, 3.8) is 0 Å². The minimum atomic E-state index is -1.21. The van der Waals surface area contributed by atoms with Gasteiger partial charge in [-0.05, 0) is 0 Å². The van der Waals surface area contributed by atoms with Crippen LogP contribution in [-0.4, -0.2) is 106 Å². The summed E-state index contributed by atoms with van der Waals surface area (Å²) in [6.45, 7) is 4.20. The molecular formula is C16H24N4O5. The Hall–Kier alpha value is -1.94. The fourth-order valence-corrected chi connectivity index (χ4v) is 2.43. The van der Waals surface area contributed by atoms with Crippen molar-refractivity contribution in [1.82, 2.24) is 14.7 Å². The first-order chi connectivity index (χ1) is 11.9. The molecule has 0 radical (unpaired) electrons. The number of allylic oxidation sites excluding steroid dienone is 1. The number of hydrogen-bond donors (Lipinski definition) is 4. The molecule has 3 aliphatic heterocycles. The molecule has 0 unspecified atom stereocenters. The number of aliphatic hydroxyl groups excluding tert-OH is 3. The van der Waals surface area contributed by atoms with Gasteiger partial charge in [-0.15, -0.1) is 0 Å². The summed E-state index contributed by atoms with van der Waals surface area (Å²) in [7, 11) is 0. The fraction of sp³-hybridized carbons (Fsp3) is 0.625. The molecule has 0 aromatic carbocycles. The first-order valence-corrected chi connectivity index (χ1v) is 8.35. The lowest BCUT2D eigenvalue weighted by atomic mass is 10.0. The van der Waals surface area contributed by atoms with Crippen molar-refractivity contribution in [2.45, 2.75) is 5.54 Å². The molecule has 0 aromatic rings. The fourth-order valence-electron chi connectivity index (χ4n) is 2.43. The summed E-state index contributed by atoms with van der Waals surface area (Å²) in [5.41, 5.74) is 5.82. The minimum Gasteiger partial charge on any atom is -0.394 e. The molecule has 4 aliphatic rings.